The summed E-state index contributed by atoms with van der Waals surface area (Å²) in [6, 6.07) is 3.43. The van der Waals surface area contributed by atoms with Crippen molar-refractivity contribution in [3.8, 4) is 0 Å². The number of nitrogens with one attached hydrogen (secondary N) is 2. The van der Waals surface area contributed by atoms with Crippen LogP contribution in [0.1, 0.15) is 42.7 Å². The van der Waals surface area contributed by atoms with Gasteiger partial charge < -0.3 is 15.5 Å². The van der Waals surface area contributed by atoms with Crippen molar-refractivity contribution in [3.63, 3.8) is 0 Å². The fourth-order valence-corrected chi connectivity index (χ4v) is 2.32. The van der Waals surface area contributed by atoms with E-state index in [0.717, 1.165) is 31.6 Å². The Bertz CT molecular complexity index is 462. The van der Waals surface area contributed by atoms with Gasteiger partial charge in [0.25, 0.3) is 5.91 Å². The molecule has 6 nitrogen and oxygen atoms in total. The average Bonchev–Trinajstić information content (AvgIpc) is 2.91. The average molecular weight is 278 g/mol. The van der Waals surface area contributed by atoms with Crippen LogP contribution in [0.2, 0.25) is 0 Å². The first-order valence-electron chi connectivity index (χ1n) is 6.96. The van der Waals surface area contributed by atoms with Gasteiger partial charge in [-0.3, -0.25) is 4.79 Å². The highest BCUT2D eigenvalue weighted by molar-refractivity contribution is 5.95. The van der Waals surface area contributed by atoms with E-state index >= 15 is 0 Å². The molecule has 110 valence electrons. The monoisotopic (exact) mass is 278 g/mol. The highest BCUT2D eigenvalue weighted by Crippen LogP contribution is 2.24. The fraction of sp³-hybridized carbons (Fsp3) is 0.571. The Morgan fingerprint density at radius 2 is 2.35 bits per heavy atom. The lowest BCUT2D eigenvalue weighted by Gasteiger charge is -2.23. The predicted octanol–water partition coefficient (Wildman–Crippen LogP) is 1.23. The van der Waals surface area contributed by atoms with Gasteiger partial charge in [0, 0.05) is 24.4 Å². The molecule has 1 saturated heterocycles. The second kappa shape index (κ2) is 6.19. The molecule has 0 aromatic carbocycles. The number of hydrogen-bond acceptors (Lipinski definition) is 5. The van der Waals surface area contributed by atoms with Gasteiger partial charge in [-0.05, 0) is 38.3 Å². The predicted molar refractivity (Wildman–Crippen MR) is 77.3 cm³/mol. The zero-order chi connectivity index (χ0) is 14.6. The smallest absolute Gasteiger partial charge is 0.251 e. The molecule has 1 atom stereocenters. The molecule has 0 aliphatic carbocycles. The van der Waals surface area contributed by atoms with Crippen molar-refractivity contribution in [2.45, 2.75) is 38.7 Å². The summed E-state index contributed by atoms with van der Waals surface area (Å²) in [5.74, 6) is 5.74. The molecule has 4 N–H and O–H groups in total. The van der Waals surface area contributed by atoms with Crippen LogP contribution in [0, 0.1) is 0 Å². The molecule has 1 unspecified atom stereocenters. The summed E-state index contributed by atoms with van der Waals surface area (Å²) in [5, 5.41) is 2.92. The minimum Gasteiger partial charge on any atom is -0.373 e. The van der Waals surface area contributed by atoms with E-state index in [1.165, 1.54) is 0 Å². The molecule has 1 aliphatic heterocycles. The van der Waals surface area contributed by atoms with Gasteiger partial charge >= 0.3 is 0 Å². The second-order valence-corrected chi connectivity index (χ2v) is 5.31. The lowest BCUT2D eigenvalue weighted by molar-refractivity contribution is 0.0206. The summed E-state index contributed by atoms with van der Waals surface area (Å²) in [6.07, 6.45) is 2.76. The SMILES string of the molecule is CCc1cc(C(=O)NCC2(C)CCCO2)cc(NN)n1. The van der Waals surface area contributed by atoms with Gasteiger partial charge in [0.15, 0.2) is 0 Å². The highest BCUT2D eigenvalue weighted by atomic mass is 16.5. The Kier molecular flexibility index (Phi) is 4.57. The standard InChI is InChI=1S/C14H22N4O2/c1-3-11-7-10(8-12(17-11)18-15)13(19)16-9-14(2)5-4-6-20-14/h7-8H,3-6,9,15H2,1-2H3,(H,16,19)(H,17,18). The van der Waals surface area contributed by atoms with E-state index in [2.05, 4.69) is 15.7 Å². The first-order valence-corrected chi connectivity index (χ1v) is 6.96. The van der Waals surface area contributed by atoms with Crippen molar-refractivity contribution in [2.75, 3.05) is 18.6 Å². The van der Waals surface area contributed by atoms with Crippen molar-refractivity contribution < 1.29 is 9.53 Å². The van der Waals surface area contributed by atoms with Crippen molar-refractivity contribution in [1.29, 1.82) is 0 Å². The van der Waals surface area contributed by atoms with Crippen molar-refractivity contribution in [2.24, 2.45) is 5.84 Å². The van der Waals surface area contributed by atoms with Gasteiger partial charge in [0.2, 0.25) is 0 Å². The first kappa shape index (κ1) is 14.7. The maximum atomic E-state index is 12.2. The number of ether oxygens (including phenoxy) is 1. The zero-order valence-corrected chi connectivity index (χ0v) is 12.0. The van der Waals surface area contributed by atoms with Crippen LogP contribution in [0.15, 0.2) is 12.1 Å². The molecular formula is C14H22N4O2. The Morgan fingerprint density at radius 1 is 1.55 bits per heavy atom. The van der Waals surface area contributed by atoms with E-state index < -0.39 is 0 Å². The molecular weight excluding hydrogens is 256 g/mol. The van der Waals surface area contributed by atoms with Crippen LogP contribution in [0.4, 0.5) is 5.82 Å². The van der Waals surface area contributed by atoms with Crippen molar-refractivity contribution >= 4 is 11.7 Å². The Labute approximate surface area is 119 Å². The number of hydrogen-bond donors (Lipinski definition) is 3. The van der Waals surface area contributed by atoms with Crippen molar-refractivity contribution in [3.05, 3.63) is 23.4 Å². The molecule has 1 aromatic rings. The molecule has 0 bridgehead atoms. The molecule has 0 spiro atoms. The molecule has 0 radical (unpaired) electrons. The van der Waals surface area contributed by atoms with Crippen LogP contribution in [0.3, 0.4) is 0 Å². The van der Waals surface area contributed by atoms with Crippen LogP contribution >= 0.6 is 0 Å². The summed E-state index contributed by atoms with van der Waals surface area (Å²) < 4.78 is 5.66. The quantitative estimate of drug-likeness (QED) is 0.557. The van der Waals surface area contributed by atoms with Crippen LogP contribution < -0.4 is 16.6 Å². The number of aromatic nitrogens is 1. The van der Waals surface area contributed by atoms with Gasteiger partial charge in [0.05, 0.1) is 5.60 Å². The van der Waals surface area contributed by atoms with E-state index in [0.29, 0.717) is 17.9 Å². The molecule has 6 heteroatoms. The topological polar surface area (TPSA) is 89.3 Å². The Hall–Kier alpha value is -1.66. The number of nitrogen functional groups attached to an aromatic ring is 1. The van der Waals surface area contributed by atoms with Gasteiger partial charge in [-0.2, -0.15) is 0 Å². The number of amides is 1. The van der Waals surface area contributed by atoms with Gasteiger partial charge in [-0.25, -0.2) is 10.8 Å². The van der Waals surface area contributed by atoms with E-state index in [4.69, 9.17) is 10.6 Å². The van der Waals surface area contributed by atoms with Crippen LogP contribution in [0.25, 0.3) is 0 Å². The van der Waals surface area contributed by atoms with Gasteiger partial charge in [0.1, 0.15) is 5.82 Å². The summed E-state index contributed by atoms with van der Waals surface area (Å²) in [6.45, 7) is 5.29. The molecule has 20 heavy (non-hydrogen) atoms. The summed E-state index contributed by atoms with van der Waals surface area (Å²) in [7, 11) is 0. The van der Waals surface area contributed by atoms with Gasteiger partial charge in [-0.1, -0.05) is 6.92 Å². The summed E-state index contributed by atoms with van der Waals surface area (Å²) >= 11 is 0. The Balaban J connectivity index is 2.04. The number of aryl methyl sites for hydroxylation is 1. The first-order chi connectivity index (χ1) is 9.56. The molecule has 1 fully saturated rings. The molecule has 1 aromatic heterocycles. The lowest BCUT2D eigenvalue weighted by atomic mass is 10.0. The third-order valence-corrected chi connectivity index (χ3v) is 3.57. The number of carbonyl (C=O) groups excluding carboxylic acids is 1. The normalized spacial score (nSPS) is 21.8. The number of nitrogens with two attached hydrogens (primary N) is 1. The molecule has 2 rings (SSSR count). The number of hydrazine groups is 1. The van der Waals surface area contributed by atoms with Crippen LogP contribution in [-0.2, 0) is 11.2 Å². The minimum atomic E-state index is -0.245. The molecule has 0 saturated carbocycles. The van der Waals surface area contributed by atoms with Gasteiger partial charge in [-0.15, -0.1) is 0 Å². The Morgan fingerprint density at radius 3 is 2.95 bits per heavy atom. The number of carbonyl (C=O) groups is 1. The maximum Gasteiger partial charge on any atom is 0.251 e. The van der Waals surface area contributed by atoms with E-state index in [-0.39, 0.29) is 11.5 Å². The molecule has 1 aliphatic rings. The third kappa shape index (κ3) is 3.46. The zero-order valence-electron chi connectivity index (χ0n) is 12.0. The summed E-state index contributed by atoms with van der Waals surface area (Å²) in [4.78, 5) is 16.5. The maximum absolute atomic E-state index is 12.2. The summed E-state index contributed by atoms with van der Waals surface area (Å²) in [5.41, 5.74) is 3.63. The molecule has 1 amide bonds. The minimum absolute atomic E-state index is 0.129. The fourth-order valence-electron chi connectivity index (χ4n) is 2.32. The second-order valence-electron chi connectivity index (χ2n) is 5.31. The lowest BCUT2D eigenvalue weighted by Crippen LogP contribution is -2.40. The largest absolute Gasteiger partial charge is 0.373 e. The highest BCUT2D eigenvalue weighted by Gasteiger charge is 2.30. The molecule has 2 heterocycles. The van der Waals surface area contributed by atoms with Crippen molar-refractivity contribution in [1.82, 2.24) is 10.3 Å². The van der Waals surface area contributed by atoms with E-state index in [9.17, 15) is 4.79 Å². The van der Waals surface area contributed by atoms with E-state index in [1.54, 1.807) is 12.1 Å². The van der Waals surface area contributed by atoms with E-state index in [1.807, 2.05) is 13.8 Å². The number of rotatable bonds is 5. The number of nitrogens with zero attached hydrogens (tertiary/aromatic N) is 1. The number of anilines is 1. The van der Waals surface area contributed by atoms with Crippen LogP contribution in [-0.4, -0.2) is 29.6 Å². The number of pyridine rings is 1. The van der Waals surface area contributed by atoms with Crippen LogP contribution in [0.5, 0.6) is 0 Å². The third-order valence-electron chi connectivity index (χ3n) is 3.57.